The molecular formula is C25H26ClNO. The molecule has 3 aromatic rings. The third-order valence-electron chi connectivity index (χ3n) is 4.92. The molecule has 0 saturated carbocycles. The molecule has 0 aliphatic carbocycles. The van der Waals surface area contributed by atoms with Gasteiger partial charge in [0.05, 0.1) is 6.42 Å². The van der Waals surface area contributed by atoms with E-state index in [0.29, 0.717) is 23.9 Å². The highest BCUT2D eigenvalue weighted by Gasteiger charge is 2.13. The molecule has 0 heterocycles. The Morgan fingerprint density at radius 3 is 1.93 bits per heavy atom. The van der Waals surface area contributed by atoms with Crippen LogP contribution in [0, 0.1) is 0 Å². The lowest BCUT2D eigenvalue weighted by atomic mass is 9.87. The van der Waals surface area contributed by atoms with Crippen molar-refractivity contribution in [2.45, 2.75) is 31.6 Å². The first-order chi connectivity index (χ1) is 13.7. The molecule has 0 aliphatic heterocycles. The number of carbonyl (C=O) groups is 1. The standard InChI is InChI=1S/C25H26ClNO/c26-23-16-14-20(15-17-23)19-25(28)27-18-8-7-13-24(21-9-3-1-4-10-21)22-11-5-2-6-12-22/h1-6,9-12,14-17,24H,7-8,13,18-19H2,(H,27,28). The van der Waals surface area contributed by atoms with Gasteiger partial charge in [0.2, 0.25) is 5.91 Å². The SMILES string of the molecule is O=C(Cc1ccc(Cl)cc1)NCCCCC(c1ccccc1)c1ccccc1. The van der Waals surface area contributed by atoms with Crippen LogP contribution in [0.25, 0.3) is 0 Å². The average molecular weight is 392 g/mol. The molecule has 0 aliphatic rings. The molecule has 0 saturated heterocycles. The highest BCUT2D eigenvalue weighted by Crippen LogP contribution is 2.29. The van der Waals surface area contributed by atoms with Crippen LogP contribution in [-0.4, -0.2) is 12.5 Å². The van der Waals surface area contributed by atoms with E-state index in [9.17, 15) is 4.79 Å². The van der Waals surface area contributed by atoms with Crippen LogP contribution < -0.4 is 5.32 Å². The molecule has 3 heteroatoms. The maximum absolute atomic E-state index is 12.1. The fourth-order valence-corrected chi connectivity index (χ4v) is 3.57. The summed E-state index contributed by atoms with van der Waals surface area (Å²) in [5.41, 5.74) is 3.68. The molecule has 0 radical (unpaired) electrons. The number of hydrogen-bond acceptors (Lipinski definition) is 1. The lowest BCUT2D eigenvalue weighted by Gasteiger charge is -2.18. The first-order valence-electron chi connectivity index (χ1n) is 9.83. The second-order valence-electron chi connectivity index (χ2n) is 7.02. The van der Waals surface area contributed by atoms with Crippen LogP contribution in [0.1, 0.15) is 41.9 Å². The van der Waals surface area contributed by atoms with Crippen LogP contribution in [0.15, 0.2) is 84.9 Å². The zero-order valence-electron chi connectivity index (χ0n) is 16.0. The van der Waals surface area contributed by atoms with Gasteiger partial charge in [-0.15, -0.1) is 0 Å². The molecule has 3 aromatic carbocycles. The maximum atomic E-state index is 12.1. The molecule has 0 atom stereocenters. The van der Waals surface area contributed by atoms with Gasteiger partial charge in [-0.2, -0.15) is 0 Å². The van der Waals surface area contributed by atoms with Gasteiger partial charge < -0.3 is 5.32 Å². The zero-order chi connectivity index (χ0) is 19.6. The van der Waals surface area contributed by atoms with Crippen LogP contribution in [0.5, 0.6) is 0 Å². The van der Waals surface area contributed by atoms with Crippen molar-refractivity contribution in [1.82, 2.24) is 5.32 Å². The summed E-state index contributed by atoms with van der Waals surface area (Å²) in [4.78, 5) is 12.1. The van der Waals surface area contributed by atoms with Crippen LogP contribution >= 0.6 is 11.6 Å². The van der Waals surface area contributed by atoms with Crippen LogP contribution in [0.3, 0.4) is 0 Å². The van der Waals surface area contributed by atoms with E-state index in [4.69, 9.17) is 11.6 Å². The number of halogens is 1. The number of nitrogens with one attached hydrogen (secondary N) is 1. The van der Waals surface area contributed by atoms with Crippen LogP contribution in [0.2, 0.25) is 5.02 Å². The lowest BCUT2D eigenvalue weighted by molar-refractivity contribution is -0.120. The van der Waals surface area contributed by atoms with Crippen molar-refractivity contribution in [1.29, 1.82) is 0 Å². The Hall–Kier alpha value is -2.58. The first-order valence-corrected chi connectivity index (χ1v) is 10.2. The summed E-state index contributed by atoms with van der Waals surface area (Å²) in [5, 5.41) is 3.72. The van der Waals surface area contributed by atoms with Gasteiger partial charge in [0.25, 0.3) is 0 Å². The van der Waals surface area contributed by atoms with Gasteiger partial charge in [-0.1, -0.05) is 90.8 Å². The summed E-state index contributed by atoms with van der Waals surface area (Å²) in [6.45, 7) is 0.711. The predicted octanol–water partition coefficient (Wildman–Crippen LogP) is 6.00. The number of hydrogen-bond donors (Lipinski definition) is 1. The minimum absolute atomic E-state index is 0.0602. The third kappa shape index (κ3) is 6.24. The van der Waals surface area contributed by atoms with Crippen molar-refractivity contribution in [3.63, 3.8) is 0 Å². The molecule has 28 heavy (non-hydrogen) atoms. The third-order valence-corrected chi connectivity index (χ3v) is 5.18. The summed E-state index contributed by atoms with van der Waals surface area (Å²) in [6.07, 6.45) is 3.51. The van der Waals surface area contributed by atoms with Crippen molar-refractivity contribution in [2.75, 3.05) is 6.54 Å². The number of benzene rings is 3. The highest BCUT2D eigenvalue weighted by atomic mass is 35.5. The van der Waals surface area contributed by atoms with E-state index >= 15 is 0 Å². The van der Waals surface area contributed by atoms with Gasteiger partial charge in [0, 0.05) is 17.5 Å². The van der Waals surface area contributed by atoms with Crippen molar-refractivity contribution in [3.8, 4) is 0 Å². The molecule has 0 fully saturated rings. The van der Waals surface area contributed by atoms with E-state index < -0.39 is 0 Å². The van der Waals surface area contributed by atoms with Gasteiger partial charge in [-0.3, -0.25) is 4.79 Å². The minimum atomic E-state index is 0.0602. The fraction of sp³-hybridized carbons (Fsp3) is 0.240. The number of carbonyl (C=O) groups excluding carboxylic acids is 1. The summed E-state index contributed by atoms with van der Waals surface area (Å²) in [6, 6.07) is 28.7. The van der Waals surface area contributed by atoms with E-state index in [1.807, 2.05) is 24.3 Å². The smallest absolute Gasteiger partial charge is 0.224 e. The Bertz CT molecular complexity index is 807. The van der Waals surface area contributed by atoms with Crippen LogP contribution in [0.4, 0.5) is 0 Å². The molecule has 0 spiro atoms. The second kappa shape index (κ2) is 10.7. The summed E-state index contributed by atoms with van der Waals surface area (Å²) < 4.78 is 0. The normalized spacial score (nSPS) is 10.8. The fourth-order valence-electron chi connectivity index (χ4n) is 3.45. The predicted molar refractivity (Wildman–Crippen MR) is 117 cm³/mol. The van der Waals surface area contributed by atoms with E-state index in [1.54, 1.807) is 0 Å². The molecule has 0 aromatic heterocycles. The Kier molecular flexibility index (Phi) is 7.69. The summed E-state index contributed by atoms with van der Waals surface area (Å²) in [5.74, 6) is 0.456. The molecule has 0 unspecified atom stereocenters. The van der Waals surface area contributed by atoms with Crippen molar-refractivity contribution in [3.05, 3.63) is 107 Å². The summed E-state index contributed by atoms with van der Waals surface area (Å²) in [7, 11) is 0. The molecular weight excluding hydrogens is 366 g/mol. The molecule has 3 rings (SSSR count). The van der Waals surface area contributed by atoms with Gasteiger partial charge >= 0.3 is 0 Å². The minimum Gasteiger partial charge on any atom is -0.356 e. The maximum Gasteiger partial charge on any atom is 0.224 e. The molecule has 1 N–H and O–H groups in total. The van der Waals surface area contributed by atoms with Crippen molar-refractivity contribution >= 4 is 17.5 Å². The van der Waals surface area contributed by atoms with Crippen LogP contribution in [-0.2, 0) is 11.2 Å². The first kappa shape index (κ1) is 20.2. The van der Waals surface area contributed by atoms with Crippen molar-refractivity contribution in [2.24, 2.45) is 0 Å². The van der Waals surface area contributed by atoms with Gasteiger partial charge in [-0.05, 0) is 41.7 Å². The van der Waals surface area contributed by atoms with Gasteiger partial charge in [0.1, 0.15) is 0 Å². The lowest BCUT2D eigenvalue weighted by Crippen LogP contribution is -2.26. The van der Waals surface area contributed by atoms with Crippen molar-refractivity contribution < 1.29 is 4.79 Å². The van der Waals surface area contributed by atoms with E-state index in [-0.39, 0.29) is 5.91 Å². The topological polar surface area (TPSA) is 29.1 Å². The Morgan fingerprint density at radius 2 is 1.36 bits per heavy atom. The molecule has 0 bridgehead atoms. The number of rotatable bonds is 9. The monoisotopic (exact) mass is 391 g/mol. The van der Waals surface area contributed by atoms with E-state index in [0.717, 1.165) is 24.8 Å². The molecule has 144 valence electrons. The highest BCUT2D eigenvalue weighted by molar-refractivity contribution is 6.30. The Morgan fingerprint density at radius 1 is 0.786 bits per heavy atom. The summed E-state index contributed by atoms with van der Waals surface area (Å²) >= 11 is 5.88. The van der Waals surface area contributed by atoms with E-state index in [2.05, 4.69) is 66.0 Å². The Balaban J connectivity index is 1.45. The van der Waals surface area contributed by atoms with E-state index in [1.165, 1.54) is 11.1 Å². The number of amides is 1. The van der Waals surface area contributed by atoms with Gasteiger partial charge in [0.15, 0.2) is 0 Å². The zero-order valence-corrected chi connectivity index (χ0v) is 16.7. The Labute approximate surface area is 172 Å². The van der Waals surface area contributed by atoms with Gasteiger partial charge in [-0.25, -0.2) is 0 Å². The molecule has 2 nitrogen and oxygen atoms in total. The quantitative estimate of drug-likeness (QED) is 0.445. The average Bonchev–Trinajstić information content (AvgIpc) is 2.73. The molecule has 1 amide bonds. The number of unbranched alkanes of at least 4 members (excludes halogenated alkanes) is 1. The second-order valence-corrected chi connectivity index (χ2v) is 7.46. The largest absolute Gasteiger partial charge is 0.356 e.